The van der Waals surface area contributed by atoms with E-state index in [2.05, 4.69) is 13.1 Å². The zero-order valence-corrected chi connectivity index (χ0v) is 6.87. The van der Waals surface area contributed by atoms with Gasteiger partial charge < -0.3 is 0 Å². The van der Waals surface area contributed by atoms with Gasteiger partial charge in [0.15, 0.2) is 0 Å². The lowest BCUT2D eigenvalue weighted by Gasteiger charge is -2.06. The average Bonchev–Trinajstić information content (AvgIpc) is 1.65. The van der Waals surface area contributed by atoms with Crippen molar-refractivity contribution in [3.05, 3.63) is 0 Å². The maximum atomic E-state index is 11.8. The van der Waals surface area contributed by atoms with Gasteiger partial charge in [-0.2, -0.15) is 0 Å². The van der Waals surface area contributed by atoms with E-state index in [4.69, 9.17) is 0 Å². The molecule has 0 aromatic carbocycles. The van der Waals surface area contributed by atoms with E-state index in [1.807, 2.05) is 6.92 Å². The fraction of sp³-hybridized carbons (Fsp3) is 1.00. The summed E-state index contributed by atoms with van der Waals surface area (Å²) in [5.41, 5.74) is 0. The van der Waals surface area contributed by atoms with Crippen LogP contribution in [0.3, 0.4) is 0 Å². The Morgan fingerprint density at radius 2 is 2.00 bits per heavy atom. The van der Waals surface area contributed by atoms with Crippen LogP contribution in [0.25, 0.3) is 0 Å². The van der Waals surface area contributed by atoms with Crippen LogP contribution in [0.15, 0.2) is 0 Å². The van der Waals surface area contributed by atoms with Gasteiger partial charge in [-0.25, -0.2) is 0 Å². The molecule has 1 unspecified atom stereocenters. The van der Waals surface area contributed by atoms with Crippen LogP contribution in [0.1, 0.15) is 6.92 Å². The van der Waals surface area contributed by atoms with Crippen molar-refractivity contribution in [3.63, 3.8) is 0 Å². The lowest BCUT2D eigenvalue weighted by molar-refractivity contribution is 0.403. The number of halogens is 1. The Morgan fingerprint density at radius 3 is 2.12 bits per heavy atom. The van der Waals surface area contributed by atoms with Crippen molar-refractivity contribution in [3.8, 4) is 0 Å². The van der Waals surface area contributed by atoms with E-state index in [9.17, 15) is 4.39 Å². The molecular formula is C6H14FSi. The van der Waals surface area contributed by atoms with Crippen LogP contribution in [-0.4, -0.2) is 15.5 Å². The van der Waals surface area contributed by atoms with Gasteiger partial charge in [-0.1, -0.05) is 26.1 Å². The van der Waals surface area contributed by atoms with Gasteiger partial charge in [0.1, 0.15) is 0 Å². The molecule has 1 radical (unpaired) electrons. The highest BCUT2D eigenvalue weighted by molar-refractivity contribution is 6.55. The number of alkyl halides is 1. The first kappa shape index (κ1) is 8.15. The molecule has 49 valence electrons. The molecule has 0 nitrogen and oxygen atoms in total. The van der Waals surface area contributed by atoms with Crippen molar-refractivity contribution >= 4 is 8.80 Å². The van der Waals surface area contributed by atoms with Gasteiger partial charge in [-0.15, -0.1) is 0 Å². The monoisotopic (exact) mass is 133 g/mol. The minimum atomic E-state index is -0.186. The van der Waals surface area contributed by atoms with Crippen LogP contribution >= 0.6 is 0 Å². The minimum Gasteiger partial charge on any atom is -0.251 e. The summed E-state index contributed by atoms with van der Waals surface area (Å²) in [7, 11) is -0.186. The third-order valence-corrected chi connectivity index (χ3v) is 2.53. The van der Waals surface area contributed by atoms with Crippen molar-refractivity contribution < 1.29 is 4.39 Å². The van der Waals surface area contributed by atoms with Gasteiger partial charge in [0.25, 0.3) is 0 Å². The molecule has 0 amide bonds. The van der Waals surface area contributed by atoms with E-state index < -0.39 is 0 Å². The molecule has 0 aliphatic carbocycles. The lowest BCUT2D eigenvalue weighted by atomic mass is 10.3. The van der Waals surface area contributed by atoms with Crippen LogP contribution in [-0.2, 0) is 0 Å². The molecule has 0 saturated carbocycles. The maximum Gasteiger partial charge on any atom is 0.0917 e. The first-order valence-electron chi connectivity index (χ1n) is 3.01. The van der Waals surface area contributed by atoms with E-state index in [-0.39, 0.29) is 15.5 Å². The largest absolute Gasteiger partial charge is 0.251 e. The van der Waals surface area contributed by atoms with Crippen molar-refractivity contribution in [2.75, 3.05) is 6.67 Å². The average molecular weight is 133 g/mol. The molecule has 0 aromatic heterocycles. The third-order valence-electron chi connectivity index (χ3n) is 1.02. The summed E-state index contributed by atoms with van der Waals surface area (Å²) in [4.78, 5) is 0. The second kappa shape index (κ2) is 4.07. The number of hydrogen-bond donors (Lipinski definition) is 0. The summed E-state index contributed by atoms with van der Waals surface area (Å²) < 4.78 is 11.8. The first-order valence-corrected chi connectivity index (χ1v) is 5.72. The van der Waals surface area contributed by atoms with Gasteiger partial charge in [0.2, 0.25) is 0 Å². The zero-order chi connectivity index (χ0) is 6.57. The molecule has 2 heteroatoms. The molecule has 0 fully saturated rings. The van der Waals surface area contributed by atoms with Gasteiger partial charge >= 0.3 is 0 Å². The van der Waals surface area contributed by atoms with Crippen LogP contribution in [0.5, 0.6) is 0 Å². The summed E-state index contributed by atoms with van der Waals surface area (Å²) >= 11 is 0. The molecule has 1 atom stereocenters. The van der Waals surface area contributed by atoms with Crippen LogP contribution in [0.2, 0.25) is 19.1 Å². The molecule has 0 aliphatic heterocycles. The van der Waals surface area contributed by atoms with E-state index >= 15 is 0 Å². The summed E-state index contributed by atoms with van der Waals surface area (Å²) in [6.07, 6.45) is 0. The molecule has 0 bridgehead atoms. The topological polar surface area (TPSA) is 0 Å². The fourth-order valence-corrected chi connectivity index (χ4v) is 2.25. The maximum absolute atomic E-state index is 11.8. The Balaban J connectivity index is 3.10. The number of hydrogen-bond acceptors (Lipinski definition) is 0. The normalized spacial score (nSPS) is 14.6. The zero-order valence-electron chi connectivity index (χ0n) is 5.87. The molecule has 0 spiro atoms. The molecule has 0 aliphatic rings. The molecule has 0 N–H and O–H groups in total. The molecule has 0 heterocycles. The third kappa shape index (κ3) is 4.31. The van der Waals surface area contributed by atoms with E-state index in [1.54, 1.807) is 0 Å². The van der Waals surface area contributed by atoms with Crippen LogP contribution < -0.4 is 0 Å². The molecule has 8 heavy (non-hydrogen) atoms. The highest BCUT2D eigenvalue weighted by Gasteiger charge is 2.03. The lowest BCUT2D eigenvalue weighted by Crippen LogP contribution is -2.07. The second-order valence-electron chi connectivity index (χ2n) is 2.67. The highest BCUT2D eigenvalue weighted by atomic mass is 28.3. The van der Waals surface area contributed by atoms with E-state index in [0.717, 1.165) is 6.04 Å². The van der Waals surface area contributed by atoms with Crippen LogP contribution in [0.4, 0.5) is 4.39 Å². The Bertz CT molecular complexity index is 54.5. The highest BCUT2D eigenvalue weighted by Crippen LogP contribution is 2.05. The quantitative estimate of drug-likeness (QED) is 0.518. The molecular weight excluding hydrogens is 119 g/mol. The summed E-state index contributed by atoms with van der Waals surface area (Å²) in [6, 6.07) is 1.11. The molecule has 0 saturated heterocycles. The predicted octanol–water partition coefficient (Wildman–Crippen LogP) is 2.35. The van der Waals surface area contributed by atoms with Crippen molar-refractivity contribution in [2.24, 2.45) is 5.92 Å². The van der Waals surface area contributed by atoms with Gasteiger partial charge in [-0.3, -0.25) is 4.39 Å². The van der Waals surface area contributed by atoms with Crippen LogP contribution in [0, 0.1) is 5.92 Å². The summed E-state index contributed by atoms with van der Waals surface area (Å²) in [6.45, 7) is 6.27. The Hall–Kier alpha value is 0.147. The number of rotatable bonds is 3. The smallest absolute Gasteiger partial charge is 0.0917 e. The Kier molecular flexibility index (Phi) is 4.14. The molecule has 0 aromatic rings. The minimum absolute atomic E-state index is 0.143. The summed E-state index contributed by atoms with van der Waals surface area (Å²) in [5.74, 6) is 0.305. The van der Waals surface area contributed by atoms with Crippen molar-refractivity contribution in [1.82, 2.24) is 0 Å². The Morgan fingerprint density at radius 1 is 1.50 bits per heavy atom. The van der Waals surface area contributed by atoms with E-state index in [1.165, 1.54) is 0 Å². The SMILES string of the molecule is CC(CF)C[Si](C)C. The Labute approximate surface area is 52.7 Å². The first-order chi connectivity index (χ1) is 3.66. The van der Waals surface area contributed by atoms with Gasteiger partial charge in [-0.05, 0) is 5.92 Å². The predicted molar refractivity (Wildman–Crippen MR) is 37.4 cm³/mol. The summed E-state index contributed by atoms with van der Waals surface area (Å²) in [5, 5.41) is 0. The van der Waals surface area contributed by atoms with Crippen molar-refractivity contribution in [1.29, 1.82) is 0 Å². The van der Waals surface area contributed by atoms with Crippen molar-refractivity contribution in [2.45, 2.75) is 26.1 Å². The molecule has 0 rings (SSSR count). The fourth-order valence-electron chi connectivity index (χ4n) is 0.751. The second-order valence-corrected chi connectivity index (χ2v) is 5.49. The standard InChI is InChI=1S/C6H14FSi/c1-6(4-7)5-8(2)3/h6H,4-5H2,1-3H3. The van der Waals surface area contributed by atoms with E-state index in [0.29, 0.717) is 5.92 Å². The van der Waals surface area contributed by atoms with Gasteiger partial charge in [0.05, 0.1) is 6.67 Å². The van der Waals surface area contributed by atoms with Gasteiger partial charge in [0, 0.05) is 8.80 Å².